The maximum absolute atomic E-state index is 12.9. The fraction of sp³-hybridized carbons (Fsp3) is 0.0435. The molecule has 0 radical (unpaired) electrons. The van der Waals surface area contributed by atoms with Gasteiger partial charge in [0.2, 0.25) is 5.88 Å². The highest BCUT2D eigenvalue weighted by molar-refractivity contribution is 5.90. The van der Waals surface area contributed by atoms with E-state index in [1.165, 1.54) is 0 Å². The van der Waals surface area contributed by atoms with Crippen LogP contribution in [0.3, 0.4) is 0 Å². The van der Waals surface area contributed by atoms with Gasteiger partial charge in [-0.05, 0) is 28.5 Å². The largest absolute Gasteiger partial charge is 0.439 e. The van der Waals surface area contributed by atoms with Crippen molar-refractivity contribution in [2.75, 3.05) is 0 Å². The van der Waals surface area contributed by atoms with Crippen LogP contribution in [0.25, 0.3) is 21.7 Å². The maximum Gasteiger partial charge on any atom is 0.344 e. The molecule has 0 saturated carbocycles. The molecule has 28 heavy (non-hydrogen) atoms. The van der Waals surface area contributed by atoms with Gasteiger partial charge in [-0.3, -0.25) is 0 Å². The van der Waals surface area contributed by atoms with Gasteiger partial charge in [-0.25, -0.2) is 4.79 Å². The zero-order valence-electron chi connectivity index (χ0n) is 14.7. The Balaban J connectivity index is 1.92. The van der Waals surface area contributed by atoms with Gasteiger partial charge < -0.3 is 14.9 Å². The second kappa shape index (κ2) is 6.00. The Hall–Kier alpha value is -4.04. The molecule has 5 heteroatoms. The Morgan fingerprint density at radius 2 is 1.64 bits per heavy atom. The lowest BCUT2D eigenvalue weighted by Gasteiger charge is -2.26. The first kappa shape index (κ1) is 16.2. The molecule has 1 aliphatic rings. The van der Waals surface area contributed by atoms with Crippen LogP contribution in [0.5, 0.6) is 5.75 Å². The third kappa shape index (κ3) is 2.22. The molecule has 5 rings (SSSR count). The molecule has 0 bridgehead atoms. The Labute approximate surface area is 159 Å². The van der Waals surface area contributed by atoms with Gasteiger partial charge in [0.1, 0.15) is 17.2 Å². The smallest absolute Gasteiger partial charge is 0.344 e. The summed E-state index contributed by atoms with van der Waals surface area (Å²) >= 11 is 0. The molecule has 0 amide bonds. The number of benzene rings is 3. The van der Waals surface area contributed by atoms with Crippen LogP contribution in [0.2, 0.25) is 0 Å². The lowest BCUT2D eigenvalue weighted by molar-refractivity contribution is 0.388. The second-order valence-electron chi connectivity index (χ2n) is 6.62. The van der Waals surface area contributed by atoms with Gasteiger partial charge >= 0.3 is 5.63 Å². The summed E-state index contributed by atoms with van der Waals surface area (Å²) in [7, 11) is 0. The number of nitrogens with zero attached hydrogens (tertiary/aromatic N) is 1. The fourth-order valence-corrected chi connectivity index (χ4v) is 3.88. The summed E-state index contributed by atoms with van der Waals surface area (Å²) < 4.78 is 11.3. The Kier molecular flexibility index (Phi) is 3.46. The lowest BCUT2D eigenvalue weighted by atomic mass is 9.81. The molecule has 3 aromatic carbocycles. The minimum absolute atomic E-state index is 0.00341. The highest BCUT2D eigenvalue weighted by Crippen LogP contribution is 2.44. The van der Waals surface area contributed by atoms with Crippen molar-refractivity contribution in [3.05, 3.63) is 99.7 Å². The summed E-state index contributed by atoms with van der Waals surface area (Å²) in [4.78, 5) is 12.9. The van der Waals surface area contributed by atoms with Crippen molar-refractivity contribution in [1.29, 1.82) is 5.26 Å². The van der Waals surface area contributed by atoms with Crippen molar-refractivity contribution in [1.82, 2.24) is 0 Å². The molecule has 0 fully saturated rings. The molecule has 0 spiro atoms. The fourth-order valence-electron chi connectivity index (χ4n) is 3.88. The first-order valence-corrected chi connectivity index (χ1v) is 8.80. The van der Waals surface area contributed by atoms with Gasteiger partial charge in [-0.2, -0.15) is 5.26 Å². The van der Waals surface area contributed by atoms with Gasteiger partial charge in [0.05, 0.1) is 16.9 Å². The molecular formula is C23H14N2O3. The monoisotopic (exact) mass is 366 g/mol. The zero-order valence-corrected chi connectivity index (χ0v) is 14.7. The second-order valence-corrected chi connectivity index (χ2v) is 6.62. The number of para-hydroxylation sites is 1. The molecule has 1 aromatic heterocycles. The highest BCUT2D eigenvalue weighted by Gasteiger charge is 2.36. The van der Waals surface area contributed by atoms with E-state index in [0.29, 0.717) is 22.3 Å². The molecule has 5 nitrogen and oxygen atoms in total. The van der Waals surface area contributed by atoms with Crippen molar-refractivity contribution >= 4 is 21.7 Å². The molecule has 1 aliphatic heterocycles. The van der Waals surface area contributed by atoms with Crippen molar-refractivity contribution in [3.63, 3.8) is 0 Å². The average Bonchev–Trinajstić information content (AvgIpc) is 2.72. The third-order valence-corrected chi connectivity index (χ3v) is 5.11. The highest BCUT2D eigenvalue weighted by atomic mass is 16.5. The van der Waals surface area contributed by atoms with E-state index in [0.717, 1.165) is 16.3 Å². The Morgan fingerprint density at radius 1 is 0.929 bits per heavy atom. The van der Waals surface area contributed by atoms with E-state index in [9.17, 15) is 10.1 Å². The predicted octanol–water partition coefficient (Wildman–Crippen LogP) is 4.16. The van der Waals surface area contributed by atoms with Crippen molar-refractivity contribution in [3.8, 4) is 11.8 Å². The number of hydrogen-bond acceptors (Lipinski definition) is 5. The minimum atomic E-state index is -0.666. The third-order valence-electron chi connectivity index (χ3n) is 5.11. The van der Waals surface area contributed by atoms with Crippen LogP contribution in [0.4, 0.5) is 0 Å². The number of allylic oxidation sites excluding steroid dienone is 1. The summed E-state index contributed by atoms with van der Waals surface area (Å²) in [5.41, 5.74) is 7.30. The topological polar surface area (TPSA) is 89.3 Å². The molecule has 0 aliphatic carbocycles. The first-order chi connectivity index (χ1) is 13.7. The van der Waals surface area contributed by atoms with Crippen molar-refractivity contribution in [2.45, 2.75) is 5.92 Å². The number of ether oxygens (including phenoxy) is 1. The summed E-state index contributed by atoms with van der Waals surface area (Å²) in [6.07, 6.45) is 0. The molecule has 1 atom stereocenters. The van der Waals surface area contributed by atoms with Crippen molar-refractivity contribution < 1.29 is 9.15 Å². The Bertz CT molecular complexity index is 1390. The first-order valence-electron chi connectivity index (χ1n) is 8.80. The number of nitriles is 1. The molecule has 4 aromatic rings. The molecule has 2 heterocycles. The van der Waals surface area contributed by atoms with Crippen LogP contribution in [-0.4, -0.2) is 0 Å². The van der Waals surface area contributed by atoms with E-state index in [2.05, 4.69) is 6.07 Å². The minimum Gasteiger partial charge on any atom is -0.439 e. The van der Waals surface area contributed by atoms with Gasteiger partial charge in [-0.15, -0.1) is 0 Å². The summed E-state index contributed by atoms with van der Waals surface area (Å²) in [5.74, 6) is -0.314. The van der Waals surface area contributed by atoms with Gasteiger partial charge in [0.25, 0.3) is 0 Å². The van der Waals surface area contributed by atoms with E-state index < -0.39 is 11.5 Å². The maximum atomic E-state index is 12.9. The van der Waals surface area contributed by atoms with E-state index in [4.69, 9.17) is 14.9 Å². The van der Waals surface area contributed by atoms with E-state index in [1.54, 1.807) is 12.1 Å². The molecule has 0 unspecified atom stereocenters. The number of rotatable bonds is 1. The molecular weight excluding hydrogens is 352 g/mol. The Morgan fingerprint density at radius 3 is 2.46 bits per heavy atom. The summed E-state index contributed by atoms with van der Waals surface area (Å²) in [6, 6.07) is 22.9. The van der Waals surface area contributed by atoms with Crippen LogP contribution >= 0.6 is 0 Å². The summed E-state index contributed by atoms with van der Waals surface area (Å²) in [6.45, 7) is 0. The van der Waals surface area contributed by atoms with Gasteiger partial charge in [-0.1, -0.05) is 54.6 Å². The van der Waals surface area contributed by atoms with Crippen molar-refractivity contribution in [2.24, 2.45) is 5.73 Å². The van der Waals surface area contributed by atoms with Crippen LogP contribution in [0.15, 0.2) is 87.4 Å². The van der Waals surface area contributed by atoms with Crippen LogP contribution in [0.1, 0.15) is 17.0 Å². The number of fused-ring (bicyclic) bond motifs is 4. The van der Waals surface area contributed by atoms with E-state index in [1.807, 2.05) is 54.6 Å². The number of nitrogens with two attached hydrogens (primary N) is 1. The van der Waals surface area contributed by atoms with Gasteiger partial charge in [0, 0.05) is 0 Å². The summed E-state index contributed by atoms with van der Waals surface area (Å²) in [5, 5.41) is 12.4. The lowest BCUT2D eigenvalue weighted by Crippen LogP contribution is -2.26. The van der Waals surface area contributed by atoms with Crippen LogP contribution in [0, 0.1) is 11.3 Å². The van der Waals surface area contributed by atoms with E-state index >= 15 is 0 Å². The number of hydrogen-bond donors (Lipinski definition) is 1. The molecule has 0 saturated heterocycles. The molecule has 2 N–H and O–H groups in total. The predicted molar refractivity (Wildman–Crippen MR) is 106 cm³/mol. The normalized spacial score (nSPS) is 15.9. The van der Waals surface area contributed by atoms with E-state index in [-0.39, 0.29) is 11.5 Å². The molecule has 134 valence electrons. The van der Waals surface area contributed by atoms with Gasteiger partial charge in [0.15, 0.2) is 5.75 Å². The quantitative estimate of drug-likeness (QED) is 0.511. The van der Waals surface area contributed by atoms with Crippen LogP contribution in [-0.2, 0) is 0 Å². The zero-order chi connectivity index (χ0) is 19.3. The SMILES string of the molecule is N#CC1=C(N)Oc2c(c(=O)oc3ccccc23)[C@@H]1c1cccc2ccccc12. The van der Waals surface area contributed by atoms with Crippen LogP contribution < -0.4 is 16.1 Å². The standard InChI is InChI=1S/C23H14N2O3/c24-12-17-19(15-10-5-7-13-6-1-2-8-14(13)15)20-21(28-22(17)25)16-9-3-4-11-18(16)27-23(20)26/h1-11,19H,25H2/t19-/m1/s1. The average molecular weight is 366 g/mol.